The molecular formula is C6H22O3Si4. The van der Waals surface area contributed by atoms with E-state index in [0.29, 0.717) is 0 Å². The molecule has 0 amide bonds. The van der Waals surface area contributed by atoms with Crippen LogP contribution in [0.3, 0.4) is 0 Å². The fourth-order valence-electron chi connectivity index (χ4n) is 1.22. The zero-order chi connectivity index (χ0) is 10.1. The summed E-state index contributed by atoms with van der Waals surface area (Å²) < 4.78 is 11.0. The first-order chi connectivity index (χ1) is 6.20. The Bertz CT molecular complexity index is 104. The smallest absolute Gasteiger partial charge is 0.308 e. The first kappa shape index (κ1) is 13.7. The molecule has 0 aromatic heterocycles. The normalized spacial score (nSPS) is 17.5. The van der Waals surface area contributed by atoms with Gasteiger partial charge in [0.1, 0.15) is 19.5 Å². The maximum atomic E-state index is 9.43. The topological polar surface area (TPSA) is 38.7 Å². The van der Waals surface area contributed by atoms with Crippen molar-refractivity contribution in [1.82, 2.24) is 0 Å². The van der Waals surface area contributed by atoms with Crippen LogP contribution in [-0.2, 0) is 8.23 Å². The third-order valence-corrected chi connectivity index (χ3v) is 10.5. The Morgan fingerprint density at radius 2 is 1.77 bits per heavy atom. The summed E-state index contributed by atoms with van der Waals surface area (Å²) >= 11 is 0. The van der Waals surface area contributed by atoms with Gasteiger partial charge >= 0.3 is 9.28 Å². The Morgan fingerprint density at radius 1 is 1.15 bits per heavy atom. The molecule has 0 heterocycles. The van der Waals surface area contributed by atoms with E-state index in [1.165, 1.54) is 6.04 Å². The van der Waals surface area contributed by atoms with Gasteiger partial charge in [0.15, 0.2) is 9.04 Å². The summed E-state index contributed by atoms with van der Waals surface area (Å²) in [5.41, 5.74) is 0. The van der Waals surface area contributed by atoms with Crippen LogP contribution in [0.2, 0.25) is 31.7 Å². The Hall–Kier alpha value is 0.748. The molecule has 0 rings (SSSR count). The SMILES string of the molecule is C[SiH2]O[SiH](C)CCC[SiH](O)O[SiH2]C. The van der Waals surface area contributed by atoms with Crippen LogP contribution in [0, 0.1) is 0 Å². The quantitative estimate of drug-likeness (QED) is 0.579. The van der Waals surface area contributed by atoms with Gasteiger partial charge in [0.25, 0.3) is 0 Å². The molecule has 0 radical (unpaired) electrons. The molecule has 0 aliphatic carbocycles. The molecule has 80 valence electrons. The second kappa shape index (κ2) is 9.31. The highest BCUT2D eigenvalue weighted by molar-refractivity contribution is 6.57. The molecule has 2 atom stereocenters. The molecule has 0 aromatic rings. The monoisotopic (exact) mass is 254 g/mol. The minimum absolute atomic E-state index is 0.204. The van der Waals surface area contributed by atoms with Crippen molar-refractivity contribution >= 4 is 37.9 Å². The van der Waals surface area contributed by atoms with Gasteiger partial charge < -0.3 is 13.0 Å². The number of rotatable bonds is 8. The molecule has 0 bridgehead atoms. The zero-order valence-electron chi connectivity index (χ0n) is 8.95. The second-order valence-corrected chi connectivity index (χ2v) is 10.6. The molecule has 2 unspecified atom stereocenters. The summed E-state index contributed by atoms with van der Waals surface area (Å²) in [5.74, 6) is 0. The first-order valence-corrected chi connectivity index (χ1v) is 13.3. The molecule has 7 heteroatoms. The Balaban J connectivity index is 3.23. The Labute approximate surface area is 89.3 Å². The highest BCUT2D eigenvalue weighted by Crippen LogP contribution is 2.05. The molecule has 0 aromatic carbocycles. The fraction of sp³-hybridized carbons (Fsp3) is 1.00. The molecule has 0 fully saturated rings. The summed E-state index contributed by atoms with van der Waals surface area (Å²) in [4.78, 5) is 9.43. The summed E-state index contributed by atoms with van der Waals surface area (Å²) in [6.45, 7) is 6.50. The van der Waals surface area contributed by atoms with Crippen LogP contribution in [0.4, 0.5) is 0 Å². The van der Waals surface area contributed by atoms with Gasteiger partial charge in [0.2, 0.25) is 0 Å². The molecule has 13 heavy (non-hydrogen) atoms. The van der Waals surface area contributed by atoms with Crippen molar-refractivity contribution in [1.29, 1.82) is 0 Å². The Morgan fingerprint density at radius 3 is 2.31 bits per heavy atom. The lowest BCUT2D eigenvalue weighted by atomic mass is 10.6. The lowest BCUT2D eigenvalue weighted by Crippen LogP contribution is -2.20. The van der Waals surface area contributed by atoms with Gasteiger partial charge in [0, 0.05) is 0 Å². The van der Waals surface area contributed by atoms with Crippen molar-refractivity contribution in [3.63, 3.8) is 0 Å². The van der Waals surface area contributed by atoms with Crippen LogP contribution in [0.25, 0.3) is 0 Å². The van der Waals surface area contributed by atoms with Crippen molar-refractivity contribution in [2.75, 3.05) is 0 Å². The van der Waals surface area contributed by atoms with E-state index in [0.717, 1.165) is 12.5 Å². The van der Waals surface area contributed by atoms with Crippen LogP contribution in [0.15, 0.2) is 0 Å². The second-order valence-electron chi connectivity index (χ2n) is 3.11. The van der Waals surface area contributed by atoms with E-state index in [2.05, 4.69) is 19.6 Å². The highest BCUT2D eigenvalue weighted by atomic mass is 28.4. The molecule has 0 aliphatic heterocycles. The molecule has 1 N–H and O–H groups in total. The van der Waals surface area contributed by atoms with Gasteiger partial charge in [-0.15, -0.1) is 0 Å². The van der Waals surface area contributed by atoms with E-state index in [-0.39, 0.29) is 9.76 Å². The van der Waals surface area contributed by atoms with Gasteiger partial charge in [-0.3, -0.25) is 0 Å². The highest BCUT2D eigenvalue weighted by Gasteiger charge is 2.08. The predicted molar refractivity (Wildman–Crippen MR) is 67.6 cm³/mol. The average Bonchev–Trinajstić information content (AvgIpc) is 2.05. The van der Waals surface area contributed by atoms with Crippen molar-refractivity contribution in [3.05, 3.63) is 0 Å². The van der Waals surface area contributed by atoms with Crippen molar-refractivity contribution < 1.29 is 13.0 Å². The first-order valence-electron chi connectivity index (χ1n) is 5.12. The van der Waals surface area contributed by atoms with Gasteiger partial charge in [-0.2, -0.15) is 0 Å². The van der Waals surface area contributed by atoms with E-state index in [4.69, 9.17) is 8.23 Å². The van der Waals surface area contributed by atoms with Crippen molar-refractivity contribution in [2.45, 2.75) is 38.2 Å². The third kappa shape index (κ3) is 9.06. The van der Waals surface area contributed by atoms with Crippen LogP contribution < -0.4 is 0 Å². The maximum absolute atomic E-state index is 9.43. The summed E-state index contributed by atoms with van der Waals surface area (Å²) in [7, 11) is -3.19. The summed E-state index contributed by atoms with van der Waals surface area (Å²) in [6, 6.07) is 2.13. The van der Waals surface area contributed by atoms with E-state index < -0.39 is 28.1 Å². The lowest BCUT2D eigenvalue weighted by Gasteiger charge is -2.11. The molecule has 0 saturated heterocycles. The van der Waals surface area contributed by atoms with Crippen molar-refractivity contribution in [3.8, 4) is 0 Å². The summed E-state index contributed by atoms with van der Waals surface area (Å²) in [5, 5.41) is 0. The number of hydrogen-bond acceptors (Lipinski definition) is 3. The molecule has 3 nitrogen and oxygen atoms in total. The van der Waals surface area contributed by atoms with E-state index >= 15 is 0 Å². The van der Waals surface area contributed by atoms with Gasteiger partial charge in [-0.1, -0.05) is 19.5 Å². The number of hydrogen-bond donors (Lipinski definition) is 1. The molecule has 0 saturated carbocycles. The maximum Gasteiger partial charge on any atom is 0.308 e. The van der Waals surface area contributed by atoms with E-state index in [9.17, 15) is 4.80 Å². The van der Waals surface area contributed by atoms with Crippen LogP contribution >= 0.6 is 0 Å². The van der Waals surface area contributed by atoms with Crippen molar-refractivity contribution in [2.24, 2.45) is 0 Å². The minimum Gasteiger partial charge on any atom is -0.463 e. The van der Waals surface area contributed by atoms with Crippen LogP contribution in [-0.4, -0.2) is 42.6 Å². The molecule has 0 spiro atoms. The van der Waals surface area contributed by atoms with E-state index in [1.807, 2.05) is 0 Å². The van der Waals surface area contributed by atoms with E-state index in [1.54, 1.807) is 0 Å². The van der Waals surface area contributed by atoms with Gasteiger partial charge in [-0.05, 0) is 18.6 Å². The zero-order valence-corrected chi connectivity index (χ0v) is 14.1. The minimum atomic E-state index is -1.74. The fourth-order valence-corrected chi connectivity index (χ4v) is 8.24. The Kier molecular flexibility index (Phi) is 9.84. The standard InChI is InChI=1S/C6H22O3Si4/c1-10-8-12(3)5-4-6-13(7)9-11-2/h7,12-13H,4-6,10-11H2,1-3H3. The van der Waals surface area contributed by atoms with Gasteiger partial charge in [0.05, 0.1) is 0 Å². The lowest BCUT2D eigenvalue weighted by molar-refractivity contribution is 0.427. The van der Waals surface area contributed by atoms with Crippen LogP contribution in [0.1, 0.15) is 6.42 Å². The third-order valence-electron chi connectivity index (χ3n) is 1.87. The average molecular weight is 255 g/mol. The van der Waals surface area contributed by atoms with Crippen LogP contribution in [0.5, 0.6) is 0 Å². The predicted octanol–water partition coefficient (Wildman–Crippen LogP) is -0.760. The molecular weight excluding hydrogens is 232 g/mol. The van der Waals surface area contributed by atoms with Gasteiger partial charge in [-0.25, -0.2) is 0 Å². The largest absolute Gasteiger partial charge is 0.463 e. The summed E-state index contributed by atoms with van der Waals surface area (Å²) in [6.07, 6.45) is 1.11. The molecule has 0 aliphatic rings.